The summed E-state index contributed by atoms with van der Waals surface area (Å²) in [5.74, 6) is -0.323. The second-order valence-electron chi connectivity index (χ2n) is 5.67. The monoisotopic (exact) mass is 274 g/mol. The highest BCUT2D eigenvalue weighted by atomic mass is 16.1. The highest BCUT2D eigenvalue weighted by molar-refractivity contribution is 5.84. The summed E-state index contributed by atoms with van der Waals surface area (Å²) in [7, 11) is 0. The highest BCUT2D eigenvalue weighted by Gasteiger charge is 2.31. The van der Waals surface area contributed by atoms with Crippen LogP contribution in [-0.4, -0.2) is 27.0 Å². The smallest absolute Gasteiger partial charge is 0.237 e. The van der Waals surface area contributed by atoms with Crippen LogP contribution in [0.2, 0.25) is 0 Å². The van der Waals surface area contributed by atoms with Crippen molar-refractivity contribution in [1.82, 2.24) is 14.9 Å². The fourth-order valence-corrected chi connectivity index (χ4v) is 2.44. The largest absolute Gasteiger partial charge is 0.368 e. The van der Waals surface area contributed by atoms with Crippen LogP contribution >= 0.6 is 0 Å². The van der Waals surface area contributed by atoms with Gasteiger partial charge in [-0.25, -0.2) is 4.98 Å². The van der Waals surface area contributed by atoms with Gasteiger partial charge in [0.25, 0.3) is 0 Å². The minimum absolute atomic E-state index is 0.201. The Kier molecular flexibility index (Phi) is 4.09. The van der Waals surface area contributed by atoms with E-state index in [1.165, 1.54) is 0 Å². The molecule has 1 amide bonds. The lowest BCUT2D eigenvalue weighted by Crippen LogP contribution is -2.55. The van der Waals surface area contributed by atoms with Crippen LogP contribution < -0.4 is 11.1 Å². The van der Waals surface area contributed by atoms with Gasteiger partial charge in [-0.2, -0.15) is 0 Å². The predicted octanol–water partition coefficient (Wildman–Crippen LogP) is 1.67. The first-order valence-electron chi connectivity index (χ1n) is 6.90. The molecule has 2 aromatic rings. The zero-order valence-electron chi connectivity index (χ0n) is 12.3. The zero-order chi connectivity index (χ0) is 14.8. The molecule has 0 bridgehead atoms. The molecule has 0 radical (unpaired) electrons. The molecule has 0 saturated carbocycles. The van der Waals surface area contributed by atoms with E-state index in [0.29, 0.717) is 13.0 Å². The van der Waals surface area contributed by atoms with Crippen molar-refractivity contribution in [3.8, 4) is 0 Å². The SMILES string of the molecule is CC(C)NC(C)(CCn1cnc2ccccc21)C(N)=O. The molecular formula is C15H22N4O. The first-order chi connectivity index (χ1) is 9.42. The molecule has 1 atom stereocenters. The normalized spacial score (nSPS) is 14.6. The quantitative estimate of drug-likeness (QED) is 0.841. The number of fused-ring (bicyclic) bond motifs is 1. The number of carbonyl (C=O) groups excluding carboxylic acids is 1. The fourth-order valence-electron chi connectivity index (χ4n) is 2.44. The maximum atomic E-state index is 11.7. The zero-order valence-corrected chi connectivity index (χ0v) is 12.3. The van der Waals surface area contributed by atoms with Crippen LogP contribution in [0.1, 0.15) is 27.2 Å². The fraction of sp³-hybridized carbons (Fsp3) is 0.467. The molecule has 0 aliphatic heterocycles. The molecule has 2 rings (SSSR count). The number of nitrogens with one attached hydrogen (secondary N) is 1. The third kappa shape index (κ3) is 2.99. The van der Waals surface area contributed by atoms with Gasteiger partial charge in [0.1, 0.15) is 0 Å². The minimum Gasteiger partial charge on any atom is -0.368 e. The van der Waals surface area contributed by atoms with Gasteiger partial charge in [0, 0.05) is 12.6 Å². The van der Waals surface area contributed by atoms with Gasteiger partial charge < -0.3 is 15.6 Å². The first kappa shape index (κ1) is 14.5. The molecule has 0 saturated heterocycles. The predicted molar refractivity (Wildman–Crippen MR) is 80.2 cm³/mol. The number of nitrogens with zero attached hydrogens (tertiary/aromatic N) is 2. The van der Waals surface area contributed by atoms with Gasteiger partial charge in [-0.05, 0) is 39.3 Å². The Morgan fingerprint density at radius 2 is 2.15 bits per heavy atom. The van der Waals surface area contributed by atoms with E-state index in [-0.39, 0.29) is 11.9 Å². The number of aryl methyl sites for hydroxylation is 1. The Balaban J connectivity index is 2.15. The van der Waals surface area contributed by atoms with Crippen molar-refractivity contribution in [2.75, 3.05) is 0 Å². The summed E-state index contributed by atoms with van der Waals surface area (Å²) in [6, 6.07) is 8.16. The second kappa shape index (κ2) is 5.63. The average Bonchev–Trinajstić information content (AvgIpc) is 2.78. The van der Waals surface area contributed by atoms with E-state index in [4.69, 9.17) is 5.73 Å². The molecule has 0 aliphatic carbocycles. The number of hydrogen-bond acceptors (Lipinski definition) is 3. The lowest BCUT2D eigenvalue weighted by Gasteiger charge is -2.30. The number of amides is 1. The van der Waals surface area contributed by atoms with Crippen molar-refractivity contribution in [3.05, 3.63) is 30.6 Å². The number of benzene rings is 1. The van der Waals surface area contributed by atoms with Crippen LogP contribution in [-0.2, 0) is 11.3 Å². The van der Waals surface area contributed by atoms with E-state index in [9.17, 15) is 4.79 Å². The summed E-state index contributed by atoms with van der Waals surface area (Å²) in [4.78, 5) is 16.1. The van der Waals surface area contributed by atoms with E-state index in [0.717, 1.165) is 11.0 Å². The Morgan fingerprint density at radius 3 is 2.80 bits per heavy atom. The molecule has 1 aromatic heterocycles. The second-order valence-corrected chi connectivity index (χ2v) is 5.67. The molecule has 108 valence electrons. The third-order valence-electron chi connectivity index (χ3n) is 3.53. The van der Waals surface area contributed by atoms with Gasteiger partial charge >= 0.3 is 0 Å². The van der Waals surface area contributed by atoms with E-state index in [2.05, 4.69) is 14.9 Å². The first-order valence-corrected chi connectivity index (χ1v) is 6.90. The Morgan fingerprint density at radius 1 is 1.45 bits per heavy atom. The number of nitrogens with two attached hydrogens (primary N) is 1. The van der Waals surface area contributed by atoms with Gasteiger partial charge in [-0.15, -0.1) is 0 Å². The number of hydrogen-bond donors (Lipinski definition) is 2. The summed E-state index contributed by atoms with van der Waals surface area (Å²) < 4.78 is 2.05. The van der Waals surface area contributed by atoms with E-state index in [1.807, 2.05) is 45.0 Å². The molecule has 1 heterocycles. The molecule has 3 N–H and O–H groups in total. The van der Waals surface area contributed by atoms with Crippen LogP contribution in [0.15, 0.2) is 30.6 Å². The van der Waals surface area contributed by atoms with Crippen molar-refractivity contribution < 1.29 is 4.79 Å². The maximum Gasteiger partial charge on any atom is 0.237 e. The Labute approximate surface area is 119 Å². The summed E-state index contributed by atoms with van der Waals surface area (Å²) in [5.41, 5.74) is 6.87. The maximum absolute atomic E-state index is 11.7. The Bertz CT molecular complexity index is 605. The van der Waals surface area contributed by atoms with Crippen LogP contribution in [0, 0.1) is 0 Å². The lowest BCUT2D eigenvalue weighted by atomic mass is 9.95. The molecule has 1 aromatic carbocycles. The lowest BCUT2D eigenvalue weighted by molar-refractivity contribution is -0.124. The van der Waals surface area contributed by atoms with E-state index in [1.54, 1.807) is 6.33 Å². The van der Waals surface area contributed by atoms with Gasteiger partial charge in [-0.3, -0.25) is 4.79 Å². The number of rotatable bonds is 6. The molecule has 0 fully saturated rings. The average molecular weight is 274 g/mol. The molecule has 5 heteroatoms. The molecule has 1 unspecified atom stereocenters. The summed E-state index contributed by atoms with van der Waals surface area (Å²) in [6.07, 6.45) is 2.43. The number of carbonyl (C=O) groups is 1. The molecule has 20 heavy (non-hydrogen) atoms. The van der Waals surface area contributed by atoms with Crippen molar-refractivity contribution in [2.45, 2.75) is 45.3 Å². The van der Waals surface area contributed by atoms with Crippen LogP contribution in [0.3, 0.4) is 0 Å². The molecule has 0 aliphatic rings. The minimum atomic E-state index is -0.709. The van der Waals surface area contributed by atoms with Crippen molar-refractivity contribution in [3.63, 3.8) is 0 Å². The molecule has 0 spiro atoms. The number of primary amides is 1. The highest BCUT2D eigenvalue weighted by Crippen LogP contribution is 2.16. The van der Waals surface area contributed by atoms with Crippen molar-refractivity contribution in [1.29, 1.82) is 0 Å². The summed E-state index contributed by atoms with van der Waals surface area (Å²) in [6.45, 7) is 6.57. The third-order valence-corrected chi connectivity index (χ3v) is 3.53. The number of aromatic nitrogens is 2. The van der Waals surface area contributed by atoms with Gasteiger partial charge in [0.2, 0.25) is 5.91 Å². The van der Waals surface area contributed by atoms with Crippen molar-refractivity contribution in [2.24, 2.45) is 5.73 Å². The summed E-state index contributed by atoms with van der Waals surface area (Å²) >= 11 is 0. The van der Waals surface area contributed by atoms with Gasteiger partial charge in [0.05, 0.1) is 22.9 Å². The molecule has 5 nitrogen and oxygen atoms in total. The number of imidazole rings is 1. The van der Waals surface area contributed by atoms with Gasteiger partial charge in [0.15, 0.2) is 0 Å². The Hall–Kier alpha value is -1.88. The number of para-hydroxylation sites is 2. The summed E-state index contributed by atoms with van der Waals surface area (Å²) in [5, 5.41) is 3.26. The van der Waals surface area contributed by atoms with Crippen LogP contribution in [0.25, 0.3) is 11.0 Å². The molecular weight excluding hydrogens is 252 g/mol. The van der Waals surface area contributed by atoms with Gasteiger partial charge in [-0.1, -0.05) is 12.1 Å². The van der Waals surface area contributed by atoms with Crippen LogP contribution in [0.4, 0.5) is 0 Å². The standard InChI is InChI=1S/C15H22N4O/c1-11(2)18-15(3,14(16)20)8-9-19-10-17-12-6-4-5-7-13(12)19/h4-7,10-11,18H,8-9H2,1-3H3,(H2,16,20). The van der Waals surface area contributed by atoms with E-state index < -0.39 is 5.54 Å². The topological polar surface area (TPSA) is 72.9 Å². The van der Waals surface area contributed by atoms with Crippen molar-refractivity contribution >= 4 is 16.9 Å². The van der Waals surface area contributed by atoms with E-state index >= 15 is 0 Å². The van der Waals surface area contributed by atoms with Crippen LogP contribution in [0.5, 0.6) is 0 Å².